The molecule has 4 heteroatoms. The van der Waals surface area contributed by atoms with E-state index in [1.807, 2.05) is 7.05 Å². The Hall–Kier alpha value is -1.32. The molecule has 0 aliphatic carbocycles. The van der Waals surface area contributed by atoms with Crippen LogP contribution in [0.25, 0.3) is 0 Å². The van der Waals surface area contributed by atoms with E-state index in [2.05, 4.69) is 34.4 Å². The molecule has 0 saturated carbocycles. The fourth-order valence-corrected chi connectivity index (χ4v) is 1.36. The van der Waals surface area contributed by atoms with E-state index in [0.717, 1.165) is 36.6 Å². The van der Waals surface area contributed by atoms with Gasteiger partial charge in [-0.15, -0.1) is 0 Å². The number of anilines is 2. The van der Waals surface area contributed by atoms with E-state index in [9.17, 15) is 0 Å². The second kappa shape index (κ2) is 5.42. The summed E-state index contributed by atoms with van der Waals surface area (Å²) in [5.74, 6) is 1.87. The van der Waals surface area contributed by atoms with Gasteiger partial charge in [-0.05, 0) is 12.8 Å². The van der Waals surface area contributed by atoms with Crippen molar-refractivity contribution in [3.63, 3.8) is 0 Å². The van der Waals surface area contributed by atoms with Crippen LogP contribution in [-0.4, -0.2) is 23.6 Å². The first-order valence-corrected chi connectivity index (χ1v) is 5.08. The van der Waals surface area contributed by atoms with Crippen LogP contribution in [0, 0.1) is 0 Å². The minimum Gasteiger partial charge on any atom is -0.373 e. The Morgan fingerprint density at radius 3 is 2.50 bits per heavy atom. The zero-order chi connectivity index (χ0) is 10.4. The van der Waals surface area contributed by atoms with Gasteiger partial charge < -0.3 is 10.6 Å². The Bertz CT molecular complexity index is 285. The van der Waals surface area contributed by atoms with Gasteiger partial charge in [0.15, 0.2) is 0 Å². The van der Waals surface area contributed by atoms with Crippen LogP contribution in [0.3, 0.4) is 0 Å². The fourth-order valence-electron chi connectivity index (χ4n) is 1.36. The highest BCUT2D eigenvalue weighted by Gasteiger charge is 2.06. The van der Waals surface area contributed by atoms with E-state index < -0.39 is 0 Å². The molecule has 1 aromatic heterocycles. The van der Waals surface area contributed by atoms with Crippen molar-refractivity contribution in [2.24, 2.45) is 0 Å². The lowest BCUT2D eigenvalue weighted by Gasteiger charge is -2.11. The van der Waals surface area contributed by atoms with Crippen LogP contribution in [0.4, 0.5) is 11.6 Å². The Balaban J connectivity index is 2.90. The molecule has 1 heterocycles. The van der Waals surface area contributed by atoms with Crippen molar-refractivity contribution in [1.82, 2.24) is 9.97 Å². The lowest BCUT2D eigenvalue weighted by Crippen LogP contribution is -2.08. The average molecular weight is 194 g/mol. The number of aromatic nitrogens is 2. The number of nitrogens with one attached hydrogen (secondary N) is 2. The first-order valence-electron chi connectivity index (χ1n) is 5.08. The molecule has 1 rings (SSSR count). The van der Waals surface area contributed by atoms with Gasteiger partial charge in [0.2, 0.25) is 0 Å². The largest absolute Gasteiger partial charge is 0.373 e. The predicted molar refractivity (Wildman–Crippen MR) is 59.7 cm³/mol. The van der Waals surface area contributed by atoms with Crippen molar-refractivity contribution in [2.75, 3.05) is 24.2 Å². The first-order chi connectivity index (χ1) is 6.83. The van der Waals surface area contributed by atoms with Gasteiger partial charge in [-0.25, -0.2) is 9.97 Å². The molecule has 0 atom stereocenters. The molecule has 2 N–H and O–H groups in total. The summed E-state index contributed by atoms with van der Waals surface area (Å²) in [6, 6.07) is 0. The van der Waals surface area contributed by atoms with E-state index >= 15 is 0 Å². The molecule has 0 bridgehead atoms. The third-order valence-electron chi connectivity index (χ3n) is 2.08. The highest BCUT2D eigenvalue weighted by atomic mass is 15.1. The van der Waals surface area contributed by atoms with Crippen LogP contribution in [-0.2, 0) is 6.42 Å². The molecule has 0 unspecified atom stereocenters. The molecule has 0 spiro atoms. The highest BCUT2D eigenvalue weighted by Crippen LogP contribution is 2.19. The first kappa shape index (κ1) is 10.8. The summed E-state index contributed by atoms with van der Waals surface area (Å²) in [7, 11) is 1.88. The molecule has 0 saturated heterocycles. The number of rotatable bonds is 5. The Labute approximate surface area is 85.2 Å². The summed E-state index contributed by atoms with van der Waals surface area (Å²) < 4.78 is 0. The summed E-state index contributed by atoms with van der Waals surface area (Å²) in [6.45, 7) is 5.20. The standard InChI is InChI=1S/C10H18N4/c1-4-6-12-10-8(5-2)9(11-3)13-7-14-10/h7H,4-6H2,1-3H3,(H2,11,12,13,14). The van der Waals surface area contributed by atoms with Gasteiger partial charge >= 0.3 is 0 Å². The Kier molecular flexibility index (Phi) is 4.16. The van der Waals surface area contributed by atoms with Crippen LogP contribution in [0.2, 0.25) is 0 Å². The fraction of sp³-hybridized carbons (Fsp3) is 0.600. The maximum atomic E-state index is 4.23. The normalized spacial score (nSPS) is 9.93. The van der Waals surface area contributed by atoms with E-state index in [1.54, 1.807) is 6.33 Å². The summed E-state index contributed by atoms with van der Waals surface area (Å²) in [6.07, 6.45) is 3.62. The van der Waals surface area contributed by atoms with E-state index in [1.165, 1.54) is 0 Å². The van der Waals surface area contributed by atoms with Gasteiger partial charge in [0.1, 0.15) is 18.0 Å². The molecule has 1 aromatic rings. The van der Waals surface area contributed by atoms with Crippen LogP contribution >= 0.6 is 0 Å². The molecule has 0 aliphatic rings. The predicted octanol–water partition coefficient (Wildman–Crippen LogP) is 1.90. The maximum Gasteiger partial charge on any atom is 0.134 e. The van der Waals surface area contributed by atoms with E-state index in [4.69, 9.17) is 0 Å². The van der Waals surface area contributed by atoms with Gasteiger partial charge in [0, 0.05) is 19.2 Å². The van der Waals surface area contributed by atoms with Crippen molar-refractivity contribution in [2.45, 2.75) is 26.7 Å². The Morgan fingerprint density at radius 1 is 1.21 bits per heavy atom. The molecule has 0 fully saturated rings. The van der Waals surface area contributed by atoms with Crippen molar-refractivity contribution in [3.05, 3.63) is 11.9 Å². The molecule has 0 aromatic carbocycles. The maximum absolute atomic E-state index is 4.23. The lowest BCUT2D eigenvalue weighted by atomic mass is 10.2. The number of hydrogen-bond donors (Lipinski definition) is 2. The van der Waals surface area contributed by atoms with Crippen LogP contribution in [0.15, 0.2) is 6.33 Å². The summed E-state index contributed by atoms with van der Waals surface area (Å²) >= 11 is 0. The molecule has 4 nitrogen and oxygen atoms in total. The van der Waals surface area contributed by atoms with Crippen LogP contribution in [0.5, 0.6) is 0 Å². The summed E-state index contributed by atoms with van der Waals surface area (Å²) in [4.78, 5) is 8.41. The molecular weight excluding hydrogens is 176 g/mol. The van der Waals surface area contributed by atoms with Crippen LogP contribution in [0.1, 0.15) is 25.8 Å². The second-order valence-electron chi connectivity index (χ2n) is 3.08. The molecule has 0 radical (unpaired) electrons. The molecule has 78 valence electrons. The minimum atomic E-state index is 0.918. The zero-order valence-electron chi connectivity index (χ0n) is 9.09. The molecule has 14 heavy (non-hydrogen) atoms. The SMILES string of the molecule is CCCNc1ncnc(NC)c1CC. The van der Waals surface area contributed by atoms with Gasteiger partial charge in [-0.1, -0.05) is 13.8 Å². The van der Waals surface area contributed by atoms with Crippen LogP contribution < -0.4 is 10.6 Å². The average Bonchev–Trinajstić information content (AvgIpc) is 2.25. The topological polar surface area (TPSA) is 49.8 Å². The number of hydrogen-bond acceptors (Lipinski definition) is 4. The van der Waals surface area contributed by atoms with E-state index in [-0.39, 0.29) is 0 Å². The quantitative estimate of drug-likeness (QED) is 0.751. The van der Waals surface area contributed by atoms with Gasteiger partial charge in [-0.3, -0.25) is 0 Å². The van der Waals surface area contributed by atoms with E-state index in [0.29, 0.717) is 0 Å². The van der Waals surface area contributed by atoms with Crippen molar-refractivity contribution < 1.29 is 0 Å². The van der Waals surface area contributed by atoms with Crippen molar-refractivity contribution in [1.29, 1.82) is 0 Å². The van der Waals surface area contributed by atoms with Crippen molar-refractivity contribution >= 4 is 11.6 Å². The second-order valence-corrected chi connectivity index (χ2v) is 3.08. The van der Waals surface area contributed by atoms with Crippen molar-refractivity contribution in [3.8, 4) is 0 Å². The van der Waals surface area contributed by atoms with Gasteiger partial charge in [-0.2, -0.15) is 0 Å². The summed E-state index contributed by atoms with van der Waals surface area (Å²) in [5, 5.41) is 6.37. The molecular formula is C10H18N4. The number of nitrogens with zero attached hydrogens (tertiary/aromatic N) is 2. The van der Waals surface area contributed by atoms with Gasteiger partial charge in [0.05, 0.1) is 0 Å². The highest BCUT2D eigenvalue weighted by molar-refractivity contribution is 5.56. The molecule has 0 aliphatic heterocycles. The van der Waals surface area contributed by atoms with Gasteiger partial charge in [0.25, 0.3) is 0 Å². The Morgan fingerprint density at radius 2 is 1.93 bits per heavy atom. The monoisotopic (exact) mass is 194 g/mol. The summed E-state index contributed by atoms with van der Waals surface area (Å²) in [5.41, 5.74) is 1.16. The third kappa shape index (κ3) is 2.34. The molecule has 0 amide bonds. The third-order valence-corrected chi connectivity index (χ3v) is 2.08. The minimum absolute atomic E-state index is 0.918. The zero-order valence-corrected chi connectivity index (χ0v) is 9.09. The lowest BCUT2D eigenvalue weighted by molar-refractivity contribution is 0.948. The smallest absolute Gasteiger partial charge is 0.134 e.